The number of unbranched alkanes of at least 4 members (excludes halogenated alkanes) is 28. The summed E-state index contributed by atoms with van der Waals surface area (Å²) in [7, 11) is 0. The van der Waals surface area contributed by atoms with Gasteiger partial charge in [0.25, 0.3) is 0 Å². The smallest absolute Gasteiger partial charge is 0.220 e. The molecule has 0 aromatic rings. The fourth-order valence-corrected chi connectivity index (χ4v) is 6.77. The largest absolute Gasteiger partial charge is 0.394 e. The highest BCUT2D eigenvalue weighted by molar-refractivity contribution is 5.76. The van der Waals surface area contributed by atoms with Crippen LogP contribution in [-0.4, -0.2) is 34.9 Å². The van der Waals surface area contributed by atoms with Crippen LogP contribution < -0.4 is 5.32 Å². The van der Waals surface area contributed by atoms with Gasteiger partial charge in [0.05, 0.1) is 18.8 Å². The molecule has 0 rings (SSSR count). The molecule has 3 N–H and O–H groups in total. The number of carbonyl (C=O) groups is 1. The van der Waals surface area contributed by atoms with Crippen LogP contribution in [-0.2, 0) is 4.79 Å². The first-order valence-corrected chi connectivity index (χ1v) is 22.9. The summed E-state index contributed by atoms with van der Waals surface area (Å²) in [6.45, 7) is 4.30. The van der Waals surface area contributed by atoms with Crippen LogP contribution in [0.2, 0.25) is 0 Å². The van der Waals surface area contributed by atoms with E-state index in [9.17, 15) is 15.0 Å². The molecule has 4 heteroatoms. The number of rotatable bonds is 41. The summed E-state index contributed by atoms with van der Waals surface area (Å²) >= 11 is 0. The van der Waals surface area contributed by atoms with Gasteiger partial charge in [-0.15, -0.1) is 0 Å². The van der Waals surface area contributed by atoms with Gasteiger partial charge in [0.15, 0.2) is 0 Å². The van der Waals surface area contributed by atoms with Crippen molar-refractivity contribution in [2.24, 2.45) is 0 Å². The SMILES string of the molecule is CCCCCCC/C=C\C/C=C\C/C=C\CCCCCCCCC(=O)NC(CO)C(O)/C=C/CCCCCCCCCCCCCCCCCCC. The van der Waals surface area contributed by atoms with E-state index in [1.807, 2.05) is 6.08 Å². The molecule has 2 atom stereocenters. The summed E-state index contributed by atoms with van der Waals surface area (Å²) in [5, 5.41) is 23.0. The Morgan fingerprint density at radius 2 is 0.788 bits per heavy atom. The summed E-state index contributed by atoms with van der Waals surface area (Å²) in [5.41, 5.74) is 0. The second kappa shape index (κ2) is 43.8. The summed E-state index contributed by atoms with van der Waals surface area (Å²) in [5.74, 6) is -0.0762. The number of allylic oxidation sites excluding steroid dienone is 7. The lowest BCUT2D eigenvalue weighted by Crippen LogP contribution is -2.45. The van der Waals surface area contributed by atoms with Gasteiger partial charge in [-0.25, -0.2) is 0 Å². The quantitative estimate of drug-likeness (QED) is 0.0434. The summed E-state index contributed by atoms with van der Waals surface area (Å²) in [4.78, 5) is 12.4. The zero-order valence-corrected chi connectivity index (χ0v) is 34.8. The van der Waals surface area contributed by atoms with Crippen LogP contribution in [0.1, 0.15) is 232 Å². The standard InChI is InChI=1S/C48H89NO3/c1-3-5-7-9-11-13-15-17-19-21-23-24-26-28-30-32-34-36-38-40-42-44-48(52)49-46(45-50)47(51)43-41-39-37-35-33-31-29-27-25-22-20-18-16-14-12-10-8-6-4-2/h15,17,21,23,26,28,41,43,46-47,50-51H,3-14,16,18-20,22,24-25,27,29-40,42,44-45H2,1-2H3,(H,49,52)/b17-15-,23-21-,28-26-,43-41+. The number of nitrogens with one attached hydrogen (secondary N) is 1. The minimum absolute atomic E-state index is 0.0762. The van der Waals surface area contributed by atoms with E-state index in [-0.39, 0.29) is 12.5 Å². The van der Waals surface area contributed by atoms with Crippen molar-refractivity contribution >= 4 is 5.91 Å². The van der Waals surface area contributed by atoms with E-state index >= 15 is 0 Å². The lowest BCUT2D eigenvalue weighted by Gasteiger charge is -2.20. The van der Waals surface area contributed by atoms with Crippen molar-refractivity contribution < 1.29 is 15.0 Å². The lowest BCUT2D eigenvalue weighted by molar-refractivity contribution is -0.123. The average Bonchev–Trinajstić information content (AvgIpc) is 3.15. The van der Waals surface area contributed by atoms with Gasteiger partial charge in [-0.1, -0.05) is 217 Å². The number of hydrogen-bond donors (Lipinski definition) is 3. The molecule has 2 unspecified atom stereocenters. The van der Waals surface area contributed by atoms with Gasteiger partial charge in [0.1, 0.15) is 0 Å². The molecular weight excluding hydrogens is 639 g/mol. The molecule has 0 spiro atoms. The van der Waals surface area contributed by atoms with Crippen molar-refractivity contribution in [1.29, 1.82) is 0 Å². The molecule has 0 radical (unpaired) electrons. The number of hydrogen-bond acceptors (Lipinski definition) is 3. The third-order valence-electron chi connectivity index (χ3n) is 10.3. The van der Waals surface area contributed by atoms with Gasteiger partial charge in [-0.3, -0.25) is 4.79 Å². The number of amides is 1. The first-order chi connectivity index (χ1) is 25.7. The summed E-state index contributed by atoms with van der Waals surface area (Å²) < 4.78 is 0. The van der Waals surface area contributed by atoms with E-state index in [4.69, 9.17) is 0 Å². The Labute approximate surface area is 324 Å². The highest BCUT2D eigenvalue weighted by Gasteiger charge is 2.17. The topological polar surface area (TPSA) is 69.6 Å². The Hall–Kier alpha value is -1.65. The molecular formula is C48H89NO3. The second-order valence-corrected chi connectivity index (χ2v) is 15.5. The van der Waals surface area contributed by atoms with E-state index in [0.717, 1.165) is 51.4 Å². The molecule has 304 valence electrons. The molecule has 0 aromatic carbocycles. The zero-order chi connectivity index (χ0) is 37.8. The Morgan fingerprint density at radius 1 is 0.462 bits per heavy atom. The molecule has 0 bridgehead atoms. The van der Waals surface area contributed by atoms with Gasteiger partial charge >= 0.3 is 0 Å². The monoisotopic (exact) mass is 728 g/mol. The maximum Gasteiger partial charge on any atom is 0.220 e. The van der Waals surface area contributed by atoms with E-state index < -0.39 is 12.1 Å². The Bertz CT molecular complexity index is 831. The summed E-state index contributed by atoms with van der Waals surface area (Å²) in [6.07, 6.45) is 59.3. The zero-order valence-electron chi connectivity index (χ0n) is 34.8. The maximum atomic E-state index is 12.4. The Balaban J connectivity index is 3.61. The van der Waals surface area contributed by atoms with Crippen molar-refractivity contribution in [3.8, 4) is 0 Å². The minimum Gasteiger partial charge on any atom is -0.394 e. The highest BCUT2D eigenvalue weighted by Crippen LogP contribution is 2.15. The Morgan fingerprint density at radius 3 is 1.17 bits per heavy atom. The molecule has 0 aliphatic rings. The molecule has 52 heavy (non-hydrogen) atoms. The third kappa shape index (κ3) is 39.6. The van der Waals surface area contributed by atoms with Crippen molar-refractivity contribution in [3.05, 3.63) is 48.6 Å². The van der Waals surface area contributed by atoms with Crippen molar-refractivity contribution in [1.82, 2.24) is 5.32 Å². The first-order valence-electron chi connectivity index (χ1n) is 22.9. The summed E-state index contributed by atoms with van der Waals surface area (Å²) in [6, 6.07) is -0.630. The lowest BCUT2D eigenvalue weighted by atomic mass is 10.0. The predicted molar refractivity (Wildman–Crippen MR) is 230 cm³/mol. The predicted octanol–water partition coefficient (Wildman–Crippen LogP) is 14.4. The minimum atomic E-state index is -0.846. The molecule has 0 aliphatic carbocycles. The molecule has 1 amide bonds. The van der Waals surface area contributed by atoms with E-state index in [1.165, 1.54) is 161 Å². The fourth-order valence-electron chi connectivity index (χ4n) is 6.77. The third-order valence-corrected chi connectivity index (χ3v) is 10.3. The van der Waals surface area contributed by atoms with Gasteiger partial charge in [0.2, 0.25) is 5.91 Å². The number of aliphatic hydroxyl groups excluding tert-OH is 2. The van der Waals surface area contributed by atoms with Crippen molar-refractivity contribution in [2.75, 3.05) is 6.61 Å². The van der Waals surface area contributed by atoms with Crippen LogP contribution in [0.4, 0.5) is 0 Å². The molecule has 0 saturated heterocycles. The maximum absolute atomic E-state index is 12.4. The molecule has 0 heterocycles. The van der Waals surface area contributed by atoms with Gasteiger partial charge in [-0.05, 0) is 57.8 Å². The molecule has 4 nitrogen and oxygen atoms in total. The average molecular weight is 728 g/mol. The van der Waals surface area contributed by atoms with Gasteiger partial charge in [-0.2, -0.15) is 0 Å². The van der Waals surface area contributed by atoms with Crippen LogP contribution in [0.5, 0.6) is 0 Å². The highest BCUT2D eigenvalue weighted by atomic mass is 16.3. The van der Waals surface area contributed by atoms with E-state index in [0.29, 0.717) is 6.42 Å². The van der Waals surface area contributed by atoms with Gasteiger partial charge < -0.3 is 15.5 Å². The van der Waals surface area contributed by atoms with Crippen LogP contribution in [0, 0.1) is 0 Å². The van der Waals surface area contributed by atoms with Crippen molar-refractivity contribution in [3.63, 3.8) is 0 Å². The Kier molecular flexibility index (Phi) is 42.4. The van der Waals surface area contributed by atoms with Crippen LogP contribution in [0.15, 0.2) is 48.6 Å². The molecule has 0 saturated carbocycles. The van der Waals surface area contributed by atoms with Crippen LogP contribution in [0.25, 0.3) is 0 Å². The second-order valence-electron chi connectivity index (χ2n) is 15.5. The van der Waals surface area contributed by atoms with Crippen LogP contribution in [0.3, 0.4) is 0 Å². The molecule has 0 fully saturated rings. The normalized spacial score (nSPS) is 13.4. The van der Waals surface area contributed by atoms with Crippen molar-refractivity contribution in [2.45, 2.75) is 244 Å². The molecule has 0 aromatic heterocycles. The number of aliphatic hydroxyl groups is 2. The van der Waals surface area contributed by atoms with Crippen LogP contribution >= 0.6 is 0 Å². The first kappa shape index (κ1) is 50.4. The van der Waals surface area contributed by atoms with E-state index in [1.54, 1.807) is 6.08 Å². The molecule has 0 aliphatic heterocycles. The van der Waals surface area contributed by atoms with E-state index in [2.05, 4.69) is 55.6 Å². The number of carbonyl (C=O) groups excluding carboxylic acids is 1. The van der Waals surface area contributed by atoms with Gasteiger partial charge in [0, 0.05) is 6.42 Å². The fraction of sp³-hybridized carbons (Fsp3) is 0.812.